The van der Waals surface area contributed by atoms with Gasteiger partial charge in [-0.2, -0.15) is 0 Å². The van der Waals surface area contributed by atoms with Gasteiger partial charge < -0.3 is 10.1 Å². The number of nitrogens with zero attached hydrogens (tertiary/aromatic N) is 3. The number of hydrogen-bond donors (Lipinski definition) is 1. The highest BCUT2D eigenvalue weighted by Gasteiger charge is 1.98. The van der Waals surface area contributed by atoms with Crippen LogP contribution in [0.25, 0.3) is 10.4 Å². The summed E-state index contributed by atoms with van der Waals surface area (Å²) in [5.41, 5.74) is 7.94. The van der Waals surface area contributed by atoms with Crippen molar-refractivity contribution in [3.8, 4) is 0 Å². The Kier molecular flexibility index (Phi) is 7.98. The van der Waals surface area contributed by atoms with Crippen LogP contribution >= 0.6 is 0 Å². The van der Waals surface area contributed by atoms with E-state index in [9.17, 15) is 4.79 Å². The third kappa shape index (κ3) is 8.65. The first kappa shape index (κ1) is 11.7. The Morgan fingerprint density at radius 3 is 3.08 bits per heavy atom. The lowest BCUT2D eigenvalue weighted by atomic mass is 10.4. The van der Waals surface area contributed by atoms with E-state index < -0.39 is 0 Å². The third-order valence-corrected chi connectivity index (χ3v) is 1.25. The first-order valence-corrected chi connectivity index (χ1v) is 4.18. The highest BCUT2D eigenvalue weighted by Crippen LogP contribution is 1.80. The first-order chi connectivity index (χ1) is 6.31. The zero-order valence-electron chi connectivity index (χ0n) is 7.69. The monoisotopic (exact) mass is 186 g/mol. The third-order valence-electron chi connectivity index (χ3n) is 1.25. The van der Waals surface area contributed by atoms with E-state index in [1.807, 2.05) is 0 Å². The fraction of sp³-hybridized carbons (Fsp3) is 0.857. The predicted octanol–water partition coefficient (Wildman–Crippen LogP) is 0.839. The van der Waals surface area contributed by atoms with Crippen LogP contribution in [0.3, 0.4) is 0 Å². The summed E-state index contributed by atoms with van der Waals surface area (Å²) in [5.74, 6) is -0.258. The SMILES string of the molecule is CCOC(=O)CNCCCN=[N+]=[N-]. The Bertz CT molecular complexity index is 189. The molecule has 1 N–H and O–H groups in total. The second-order valence-corrected chi connectivity index (χ2v) is 2.29. The smallest absolute Gasteiger partial charge is 0.319 e. The molecule has 0 saturated carbocycles. The highest BCUT2D eigenvalue weighted by atomic mass is 16.5. The Morgan fingerprint density at radius 2 is 2.46 bits per heavy atom. The van der Waals surface area contributed by atoms with Gasteiger partial charge in [-0.3, -0.25) is 4.79 Å². The topological polar surface area (TPSA) is 87.1 Å². The fourth-order valence-corrected chi connectivity index (χ4v) is 0.722. The van der Waals surface area contributed by atoms with E-state index in [4.69, 9.17) is 5.53 Å². The first-order valence-electron chi connectivity index (χ1n) is 4.18. The predicted molar refractivity (Wildman–Crippen MR) is 48.1 cm³/mol. The lowest BCUT2D eigenvalue weighted by Crippen LogP contribution is -2.25. The van der Waals surface area contributed by atoms with E-state index in [1.165, 1.54) is 0 Å². The molecule has 0 aromatic rings. The summed E-state index contributed by atoms with van der Waals surface area (Å²) >= 11 is 0. The Morgan fingerprint density at radius 1 is 1.69 bits per heavy atom. The molecule has 0 unspecified atom stereocenters. The molecule has 0 saturated heterocycles. The van der Waals surface area contributed by atoms with E-state index in [2.05, 4.69) is 20.1 Å². The molecule has 6 heteroatoms. The minimum absolute atomic E-state index is 0.212. The molecule has 0 fully saturated rings. The van der Waals surface area contributed by atoms with E-state index >= 15 is 0 Å². The van der Waals surface area contributed by atoms with E-state index in [1.54, 1.807) is 6.92 Å². The number of esters is 1. The molecule has 13 heavy (non-hydrogen) atoms. The molecule has 74 valence electrons. The van der Waals surface area contributed by atoms with Crippen LogP contribution < -0.4 is 5.32 Å². The van der Waals surface area contributed by atoms with Crippen LogP contribution in [0.2, 0.25) is 0 Å². The number of ether oxygens (including phenoxy) is 1. The molecular weight excluding hydrogens is 172 g/mol. The van der Waals surface area contributed by atoms with Gasteiger partial charge in [0.15, 0.2) is 0 Å². The zero-order valence-corrected chi connectivity index (χ0v) is 7.69. The minimum Gasteiger partial charge on any atom is -0.465 e. The van der Waals surface area contributed by atoms with Crippen molar-refractivity contribution in [1.29, 1.82) is 0 Å². The quantitative estimate of drug-likeness (QED) is 0.210. The van der Waals surface area contributed by atoms with Crippen molar-refractivity contribution < 1.29 is 9.53 Å². The van der Waals surface area contributed by atoms with Crippen molar-refractivity contribution in [3.05, 3.63) is 10.4 Å². The molecule has 0 bridgehead atoms. The van der Waals surface area contributed by atoms with Gasteiger partial charge in [-0.25, -0.2) is 0 Å². The average molecular weight is 186 g/mol. The Balaban J connectivity index is 3.15. The van der Waals surface area contributed by atoms with Crippen LogP contribution in [-0.4, -0.2) is 32.2 Å². The Hall–Kier alpha value is -1.26. The summed E-state index contributed by atoms with van der Waals surface area (Å²) in [6, 6.07) is 0. The molecule has 6 nitrogen and oxygen atoms in total. The number of azide groups is 1. The van der Waals surface area contributed by atoms with Crippen molar-refractivity contribution in [2.24, 2.45) is 5.11 Å². The summed E-state index contributed by atoms with van der Waals surface area (Å²) in [4.78, 5) is 13.4. The molecule has 0 rings (SSSR count). The second-order valence-electron chi connectivity index (χ2n) is 2.29. The molecule has 0 aromatic heterocycles. The van der Waals surface area contributed by atoms with E-state index in [-0.39, 0.29) is 12.5 Å². The maximum atomic E-state index is 10.8. The van der Waals surface area contributed by atoms with Crippen molar-refractivity contribution >= 4 is 5.97 Å². The second kappa shape index (κ2) is 8.83. The van der Waals surface area contributed by atoms with Crippen molar-refractivity contribution in [1.82, 2.24) is 5.32 Å². The van der Waals surface area contributed by atoms with E-state index in [0.717, 1.165) is 6.42 Å². The zero-order chi connectivity index (χ0) is 9.94. The maximum Gasteiger partial charge on any atom is 0.319 e. The van der Waals surface area contributed by atoms with Gasteiger partial charge >= 0.3 is 5.97 Å². The number of nitrogens with one attached hydrogen (secondary N) is 1. The van der Waals surface area contributed by atoms with Gasteiger partial charge in [-0.05, 0) is 25.4 Å². The molecule has 0 amide bonds. The molecule has 0 aliphatic rings. The van der Waals surface area contributed by atoms with Gasteiger partial charge in [-0.1, -0.05) is 5.11 Å². The molecule has 0 radical (unpaired) electrons. The van der Waals surface area contributed by atoms with Crippen molar-refractivity contribution in [3.63, 3.8) is 0 Å². The number of carbonyl (C=O) groups is 1. The van der Waals surface area contributed by atoms with Gasteiger partial charge in [0.05, 0.1) is 13.2 Å². The summed E-state index contributed by atoms with van der Waals surface area (Å²) in [6.07, 6.45) is 0.726. The standard InChI is InChI=1S/C7H14N4O2/c1-2-13-7(12)6-9-4-3-5-10-11-8/h9H,2-6H2,1H3. The Labute approximate surface area is 76.9 Å². The largest absolute Gasteiger partial charge is 0.465 e. The molecule has 0 spiro atoms. The summed E-state index contributed by atoms with van der Waals surface area (Å²) in [7, 11) is 0. The molecule has 0 aromatic carbocycles. The molecule has 0 aliphatic heterocycles. The normalized spacial score (nSPS) is 9.00. The number of carbonyl (C=O) groups excluding carboxylic acids is 1. The maximum absolute atomic E-state index is 10.8. The van der Waals surface area contributed by atoms with Gasteiger partial charge in [0.1, 0.15) is 0 Å². The minimum atomic E-state index is -0.258. The molecule has 0 aliphatic carbocycles. The molecule has 0 atom stereocenters. The van der Waals surface area contributed by atoms with E-state index in [0.29, 0.717) is 19.7 Å². The van der Waals surface area contributed by atoms with Gasteiger partial charge in [-0.15, -0.1) is 0 Å². The number of rotatable bonds is 7. The highest BCUT2D eigenvalue weighted by molar-refractivity contribution is 5.71. The lowest BCUT2D eigenvalue weighted by molar-refractivity contribution is -0.141. The fourth-order valence-electron chi connectivity index (χ4n) is 0.722. The number of hydrogen-bond acceptors (Lipinski definition) is 4. The molecule has 0 heterocycles. The van der Waals surface area contributed by atoms with Gasteiger partial charge in [0.25, 0.3) is 0 Å². The lowest BCUT2D eigenvalue weighted by Gasteiger charge is -2.02. The summed E-state index contributed by atoms with van der Waals surface area (Å²) in [6.45, 7) is 3.48. The van der Waals surface area contributed by atoms with Gasteiger partial charge in [0.2, 0.25) is 0 Å². The van der Waals surface area contributed by atoms with Gasteiger partial charge in [0, 0.05) is 11.5 Å². The summed E-state index contributed by atoms with van der Waals surface area (Å²) in [5, 5.41) is 6.22. The van der Waals surface area contributed by atoms with Crippen LogP contribution in [-0.2, 0) is 9.53 Å². The van der Waals surface area contributed by atoms with Crippen LogP contribution in [0.5, 0.6) is 0 Å². The van der Waals surface area contributed by atoms with Crippen LogP contribution in [0.1, 0.15) is 13.3 Å². The van der Waals surface area contributed by atoms with Crippen molar-refractivity contribution in [2.75, 3.05) is 26.2 Å². The van der Waals surface area contributed by atoms with Crippen LogP contribution in [0.15, 0.2) is 5.11 Å². The van der Waals surface area contributed by atoms with Crippen LogP contribution in [0.4, 0.5) is 0 Å². The molecular formula is C7H14N4O2. The summed E-state index contributed by atoms with van der Waals surface area (Å²) < 4.78 is 4.69. The van der Waals surface area contributed by atoms with Crippen molar-refractivity contribution in [2.45, 2.75) is 13.3 Å². The average Bonchev–Trinajstić information content (AvgIpc) is 2.11. The van der Waals surface area contributed by atoms with Crippen LogP contribution in [0, 0.1) is 0 Å².